The Hall–Kier alpha value is -2.70. The van der Waals surface area contributed by atoms with Gasteiger partial charge in [-0.2, -0.15) is 0 Å². The van der Waals surface area contributed by atoms with Gasteiger partial charge < -0.3 is 9.52 Å². The lowest BCUT2D eigenvalue weighted by Gasteiger charge is -2.10. The number of hydrogen-bond acceptors (Lipinski definition) is 5. The van der Waals surface area contributed by atoms with Crippen molar-refractivity contribution in [2.45, 2.75) is 0 Å². The number of furan rings is 1. The van der Waals surface area contributed by atoms with Crippen LogP contribution in [-0.4, -0.2) is 28.4 Å². The molecule has 0 atom stereocenters. The lowest BCUT2D eigenvalue weighted by molar-refractivity contribution is -0.111. The zero-order valence-electron chi connectivity index (χ0n) is 11.6. The molecule has 0 unspecified atom stereocenters. The van der Waals surface area contributed by atoms with Crippen LogP contribution in [0.15, 0.2) is 40.0 Å². The molecule has 1 N–H and O–H groups in total. The maximum atomic E-state index is 12.5. The minimum absolute atomic E-state index is 0.00443. The van der Waals surface area contributed by atoms with E-state index in [0.717, 1.165) is 6.26 Å². The Labute approximate surface area is 144 Å². The molecule has 8 heteroatoms. The zero-order valence-corrected chi connectivity index (χ0v) is 13.1. The van der Waals surface area contributed by atoms with Crippen LogP contribution in [0.4, 0.5) is 0 Å². The van der Waals surface area contributed by atoms with E-state index >= 15 is 0 Å². The predicted molar refractivity (Wildman–Crippen MR) is 83.5 cm³/mol. The molecule has 0 amide bonds. The summed E-state index contributed by atoms with van der Waals surface area (Å²) >= 11 is 11.6. The minimum atomic E-state index is -1.14. The Morgan fingerprint density at radius 3 is 2.08 bits per heavy atom. The first-order valence-electron chi connectivity index (χ1n) is 6.47. The van der Waals surface area contributed by atoms with Gasteiger partial charge in [0.25, 0.3) is 0 Å². The summed E-state index contributed by atoms with van der Waals surface area (Å²) in [6.45, 7) is 0. The second-order valence-corrected chi connectivity index (χ2v) is 5.61. The van der Waals surface area contributed by atoms with E-state index in [1.807, 2.05) is 0 Å². The van der Waals surface area contributed by atoms with Gasteiger partial charge in [-0.05, 0) is 12.1 Å². The number of carboxylic acids is 1. The predicted octanol–water partition coefficient (Wildman–Crippen LogP) is 3.12. The average Bonchev–Trinajstić information content (AvgIpc) is 3.02. The van der Waals surface area contributed by atoms with Crippen LogP contribution in [0.1, 0.15) is 42.4 Å². The highest BCUT2D eigenvalue weighted by Crippen LogP contribution is 2.37. The lowest BCUT2D eigenvalue weighted by atomic mass is 9.93. The molecule has 2 aromatic rings. The normalized spacial score (nSPS) is 13.9. The molecule has 0 saturated carbocycles. The van der Waals surface area contributed by atoms with Crippen molar-refractivity contribution < 1.29 is 28.7 Å². The summed E-state index contributed by atoms with van der Waals surface area (Å²) in [6, 6.07) is 5.09. The minimum Gasteiger partial charge on any atom is -0.478 e. The first kappa shape index (κ1) is 16.2. The van der Waals surface area contributed by atoms with E-state index in [0.29, 0.717) is 0 Å². The number of ketones is 3. The van der Waals surface area contributed by atoms with Gasteiger partial charge in [0.05, 0.1) is 16.7 Å². The number of hydrogen-bond donors (Lipinski definition) is 1. The van der Waals surface area contributed by atoms with Gasteiger partial charge in [0.1, 0.15) is 16.3 Å². The van der Waals surface area contributed by atoms with Crippen molar-refractivity contribution in [3.8, 4) is 0 Å². The summed E-state index contributed by atoms with van der Waals surface area (Å²) in [4.78, 5) is 47.3. The first-order chi connectivity index (χ1) is 11.3. The standard InChI is InChI=1S/C16H6Cl2O6/c17-10-11(18)15-9(13(20)14(10)21)8(5-24-15)12(19)6-1-3-7(4-2-6)16(22)23/h1-5H,(H,22,23). The van der Waals surface area contributed by atoms with Crippen molar-refractivity contribution in [1.29, 1.82) is 0 Å². The number of rotatable bonds is 3. The van der Waals surface area contributed by atoms with Crippen molar-refractivity contribution in [1.82, 2.24) is 0 Å². The Kier molecular flexibility index (Phi) is 3.87. The molecule has 0 spiro atoms. The smallest absolute Gasteiger partial charge is 0.335 e. The molecule has 24 heavy (non-hydrogen) atoms. The summed E-state index contributed by atoms with van der Waals surface area (Å²) in [6.07, 6.45) is 1.02. The molecule has 0 aliphatic heterocycles. The molecule has 0 radical (unpaired) electrons. The molecule has 1 aliphatic carbocycles. The van der Waals surface area contributed by atoms with Crippen LogP contribution in [0, 0.1) is 0 Å². The fourth-order valence-electron chi connectivity index (χ4n) is 2.24. The highest BCUT2D eigenvalue weighted by atomic mass is 35.5. The molecular weight excluding hydrogens is 359 g/mol. The molecular formula is C16H6Cl2O6. The van der Waals surface area contributed by atoms with Crippen molar-refractivity contribution in [2.24, 2.45) is 0 Å². The molecule has 0 fully saturated rings. The summed E-state index contributed by atoms with van der Waals surface area (Å²) in [5, 5.41) is 8.16. The van der Waals surface area contributed by atoms with Crippen molar-refractivity contribution in [2.75, 3.05) is 0 Å². The molecule has 1 aliphatic rings. The van der Waals surface area contributed by atoms with Crippen LogP contribution in [0.3, 0.4) is 0 Å². The van der Waals surface area contributed by atoms with Crippen LogP contribution in [0.2, 0.25) is 0 Å². The second-order valence-electron chi connectivity index (χ2n) is 4.85. The molecule has 1 aromatic heterocycles. The highest BCUT2D eigenvalue weighted by molar-refractivity contribution is 6.71. The number of carbonyl (C=O) groups excluding carboxylic acids is 3. The number of carbonyl (C=O) groups is 4. The fraction of sp³-hybridized carbons (Fsp3) is 0. The van der Waals surface area contributed by atoms with Crippen molar-refractivity contribution in [3.63, 3.8) is 0 Å². The third kappa shape index (κ3) is 2.36. The number of aromatic carboxylic acids is 1. The van der Waals surface area contributed by atoms with Gasteiger partial charge in [0.15, 0.2) is 11.5 Å². The molecule has 1 aromatic carbocycles. The topological polar surface area (TPSA) is 102 Å². The zero-order chi connectivity index (χ0) is 17.6. The van der Waals surface area contributed by atoms with E-state index < -0.39 is 28.4 Å². The van der Waals surface area contributed by atoms with Crippen molar-refractivity contribution in [3.05, 3.63) is 63.6 Å². The first-order valence-corrected chi connectivity index (χ1v) is 7.22. The van der Waals surface area contributed by atoms with Gasteiger partial charge in [-0.15, -0.1) is 0 Å². The Bertz CT molecular complexity index is 949. The fourth-order valence-corrected chi connectivity index (χ4v) is 2.64. The number of allylic oxidation sites excluding steroid dienone is 1. The monoisotopic (exact) mass is 364 g/mol. The van der Waals surface area contributed by atoms with Gasteiger partial charge in [-0.1, -0.05) is 35.3 Å². The third-order valence-electron chi connectivity index (χ3n) is 3.45. The van der Waals surface area contributed by atoms with E-state index in [4.69, 9.17) is 32.7 Å². The molecule has 1 heterocycles. The number of fused-ring (bicyclic) bond motifs is 1. The van der Waals surface area contributed by atoms with Gasteiger partial charge in [-0.3, -0.25) is 14.4 Å². The average molecular weight is 365 g/mol. The maximum Gasteiger partial charge on any atom is 0.335 e. The third-order valence-corrected chi connectivity index (χ3v) is 4.27. The summed E-state index contributed by atoms with van der Waals surface area (Å²) < 4.78 is 5.13. The molecule has 120 valence electrons. The Balaban J connectivity index is 2.08. The number of halogens is 2. The number of benzene rings is 1. The summed E-state index contributed by atoms with van der Waals surface area (Å²) in [7, 11) is 0. The quantitative estimate of drug-likeness (QED) is 0.662. The van der Waals surface area contributed by atoms with Crippen LogP contribution in [0.25, 0.3) is 5.03 Å². The van der Waals surface area contributed by atoms with Crippen LogP contribution in [-0.2, 0) is 4.79 Å². The summed E-state index contributed by atoms with van der Waals surface area (Å²) in [5.74, 6) is -3.90. The van der Waals surface area contributed by atoms with Crippen LogP contribution >= 0.6 is 23.2 Å². The molecule has 0 bridgehead atoms. The van der Waals surface area contributed by atoms with Gasteiger partial charge in [0.2, 0.25) is 11.6 Å². The maximum absolute atomic E-state index is 12.5. The number of Topliss-reactive ketones (excluding diaryl/α,β-unsaturated/α-hetero) is 2. The molecule has 0 saturated heterocycles. The van der Waals surface area contributed by atoms with Gasteiger partial charge in [-0.25, -0.2) is 4.79 Å². The van der Waals surface area contributed by atoms with E-state index in [-0.39, 0.29) is 33.0 Å². The largest absolute Gasteiger partial charge is 0.478 e. The summed E-state index contributed by atoms with van der Waals surface area (Å²) in [5.41, 5.74) is -0.263. The van der Waals surface area contributed by atoms with Gasteiger partial charge in [0, 0.05) is 5.56 Å². The van der Waals surface area contributed by atoms with E-state index in [2.05, 4.69) is 0 Å². The van der Waals surface area contributed by atoms with E-state index in [1.165, 1.54) is 24.3 Å². The Morgan fingerprint density at radius 1 is 0.917 bits per heavy atom. The lowest BCUT2D eigenvalue weighted by Crippen LogP contribution is -2.22. The van der Waals surface area contributed by atoms with E-state index in [9.17, 15) is 19.2 Å². The SMILES string of the molecule is O=C1C(=O)c2c(C(=O)c3ccc(C(=O)O)cc3)coc2C(Cl)=C1Cl. The van der Waals surface area contributed by atoms with Crippen LogP contribution in [0.5, 0.6) is 0 Å². The second kappa shape index (κ2) is 5.74. The van der Waals surface area contributed by atoms with Gasteiger partial charge >= 0.3 is 5.97 Å². The molecule has 6 nitrogen and oxygen atoms in total. The molecule has 3 rings (SSSR count). The van der Waals surface area contributed by atoms with Crippen LogP contribution < -0.4 is 0 Å². The van der Waals surface area contributed by atoms with E-state index in [1.54, 1.807) is 0 Å². The number of carboxylic acid groups (broad SMARTS) is 1. The van der Waals surface area contributed by atoms with Crippen molar-refractivity contribution >= 4 is 51.6 Å². The highest BCUT2D eigenvalue weighted by Gasteiger charge is 2.38. The Morgan fingerprint density at radius 2 is 1.50 bits per heavy atom.